The molecule has 7 heteroatoms. The highest BCUT2D eigenvalue weighted by atomic mass is 16.4. The summed E-state index contributed by atoms with van der Waals surface area (Å²) in [5.74, 6) is 0. The van der Waals surface area contributed by atoms with Crippen molar-refractivity contribution in [3.8, 4) is 0 Å². The highest BCUT2D eigenvalue weighted by Gasteiger charge is 2.32. The number of hydrogen-bond donors (Lipinski definition) is 3. The van der Waals surface area contributed by atoms with E-state index in [0.717, 1.165) is 9.80 Å². The van der Waals surface area contributed by atoms with Gasteiger partial charge in [-0.15, -0.1) is 0 Å². The van der Waals surface area contributed by atoms with Gasteiger partial charge < -0.3 is 15.3 Å². The van der Waals surface area contributed by atoms with Gasteiger partial charge >= 0.3 is 12.2 Å². The first kappa shape index (κ1) is 19.8. The molecule has 0 aliphatic heterocycles. The fourth-order valence-corrected chi connectivity index (χ4v) is 2.58. The summed E-state index contributed by atoms with van der Waals surface area (Å²) in [7, 11) is 0. The lowest BCUT2D eigenvalue weighted by Gasteiger charge is -2.36. The maximum absolute atomic E-state index is 11.7. The molecule has 0 spiro atoms. The molecule has 0 aromatic heterocycles. The smallest absolute Gasteiger partial charge is 0.412 e. The van der Waals surface area contributed by atoms with Crippen LogP contribution in [0.15, 0.2) is 18.2 Å². The largest absolute Gasteiger partial charge is 0.465 e. The number of aliphatic hydroxyl groups is 1. The Bertz CT molecular complexity index is 579. The average Bonchev–Trinajstić information content (AvgIpc) is 2.33. The van der Waals surface area contributed by atoms with Crippen LogP contribution in [0.1, 0.15) is 47.1 Å². The molecule has 0 fully saturated rings. The number of aliphatic hydroxyl groups excluding tert-OH is 1. The monoisotopic (exact) mass is 338 g/mol. The number of rotatable bonds is 3. The van der Waals surface area contributed by atoms with Crippen molar-refractivity contribution in [2.45, 2.75) is 59.2 Å². The van der Waals surface area contributed by atoms with Crippen LogP contribution in [0.3, 0.4) is 0 Å². The molecule has 1 aromatic rings. The zero-order chi connectivity index (χ0) is 18.9. The first-order valence-electron chi connectivity index (χ1n) is 7.60. The van der Waals surface area contributed by atoms with Crippen LogP contribution in [-0.2, 0) is 6.61 Å². The average molecular weight is 338 g/mol. The van der Waals surface area contributed by atoms with Gasteiger partial charge in [0.1, 0.15) is 0 Å². The predicted molar refractivity (Wildman–Crippen MR) is 92.9 cm³/mol. The maximum Gasteiger partial charge on any atom is 0.412 e. The summed E-state index contributed by atoms with van der Waals surface area (Å²) in [4.78, 5) is 25.7. The summed E-state index contributed by atoms with van der Waals surface area (Å²) >= 11 is 0. The van der Waals surface area contributed by atoms with E-state index in [4.69, 9.17) is 0 Å². The molecule has 0 unspecified atom stereocenters. The Morgan fingerprint density at radius 2 is 1.17 bits per heavy atom. The molecule has 0 saturated carbocycles. The molecule has 0 heterocycles. The molecule has 1 aromatic carbocycles. The number of amides is 2. The predicted octanol–water partition coefficient (Wildman–Crippen LogP) is 3.74. The Labute approximate surface area is 142 Å². The Morgan fingerprint density at radius 1 is 0.833 bits per heavy atom. The van der Waals surface area contributed by atoms with Gasteiger partial charge in [-0.05, 0) is 65.3 Å². The number of carboxylic acid groups (broad SMARTS) is 2. The lowest BCUT2D eigenvalue weighted by Crippen LogP contribution is -2.46. The molecule has 24 heavy (non-hydrogen) atoms. The lowest BCUT2D eigenvalue weighted by atomic mass is 10.0. The molecular formula is C17H26N2O5. The third kappa shape index (κ3) is 4.38. The molecule has 134 valence electrons. The number of anilines is 2. The molecule has 0 aliphatic carbocycles. The summed E-state index contributed by atoms with van der Waals surface area (Å²) < 4.78 is 0. The number of benzene rings is 1. The van der Waals surface area contributed by atoms with E-state index in [1.807, 2.05) is 0 Å². The molecule has 7 nitrogen and oxygen atoms in total. The quantitative estimate of drug-likeness (QED) is 0.779. The van der Waals surface area contributed by atoms with E-state index in [1.54, 1.807) is 53.7 Å². The Morgan fingerprint density at radius 3 is 1.38 bits per heavy atom. The third-order valence-corrected chi connectivity index (χ3v) is 3.39. The van der Waals surface area contributed by atoms with Gasteiger partial charge in [0, 0.05) is 11.1 Å². The molecule has 0 saturated heterocycles. The summed E-state index contributed by atoms with van der Waals surface area (Å²) in [6.45, 7) is 10.1. The van der Waals surface area contributed by atoms with E-state index in [1.165, 1.54) is 6.07 Å². The van der Waals surface area contributed by atoms with Crippen LogP contribution < -0.4 is 9.80 Å². The van der Waals surface area contributed by atoms with Crippen LogP contribution in [0.4, 0.5) is 21.0 Å². The van der Waals surface area contributed by atoms with Crippen LogP contribution in [0.25, 0.3) is 0 Å². The summed E-state index contributed by atoms with van der Waals surface area (Å²) in [5, 5.41) is 28.6. The minimum absolute atomic E-state index is 0.312. The van der Waals surface area contributed by atoms with Gasteiger partial charge in [-0.3, -0.25) is 9.80 Å². The van der Waals surface area contributed by atoms with Gasteiger partial charge in [-0.25, -0.2) is 9.59 Å². The number of hydrogen-bond acceptors (Lipinski definition) is 3. The number of carbonyl (C=O) groups is 2. The zero-order valence-corrected chi connectivity index (χ0v) is 15.0. The standard InChI is InChI=1S/C17H26N2O5/c1-16(2,3)18(14(21)22)12-7-11(10-20)8-13(9-12)19(15(23)24)17(4,5)6/h7-9,20H,10H2,1-6H3,(H,21,22)(H,23,24). The topological polar surface area (TPSA) is 101 Å². The van der Waals surface area contributed by atoms with E-state index in [-0.39, 0.29) is 6.61 Å². The van der Waals surface area contributed by atoms with Gasteiger partial charge in [-0.1, -0.05) is 0 Å². The van der Waals surface area contributed by atoms with Crippen molar-refractivity contribution in [1.82, 2.24) is 0 Å². The van der Waals surface area contributed by atoms with Gasteiger partial charge in [0.2, 0.25) is 0 Å². The third-order valence-electron chi connectivity index (χ3n) is 3.39. The fourth-order valence-electron chi connectivity index (χ4n) is 2.58. The molecule has 1 rings (SSSR count). The Kier molecular flexibility index (Phi) is 5.50. The van der Waals surface area contributed by atoms with E-state index < -0.39 is 23.3 Å². The van der Waals surface area contributed by atoms with E-state index in [9.17, 15) is 24.9 Å². The molecule has 0 bridgehead atoms. The van der Waals surface area contributed by atoms with E-state index in [2.05, 4.69) is 0 Å². The summed E-state index contributed by atoms with van der Waals surface area (Å²) in [6.07, 6.45) is -2.30. The highest BCUT2D eigenvalue weighted by molar-refractivity contribution is 5.92. The van der Waals surface area contributed by atoms with Crippen molar-refractivity contribution < 1.29 is 24.9 Å². The zero-order valence-electron chi connectivity index (χ0n) is 15.0. The molecule has 2 amide bonds. The Balaban J connectivity index is 3.61. The van der Waals surface area contributed by atoms with Crippen molar-refractivity contribution >= 4 is 23.6 Å². The van der Waals surface area contributed by atoms with Crippen molar-refractivity contribution in [2.24, 2.45) is 0 Å². The molecule has 0 atom stereocenters. The van der Waals surface area contributed by atoms with Crippen molar-refractivity contribution in [2.75, 3.05) is 9.80 Å². The van der Waals surface area contributed by atoms with E-state index >= 15 is 0 Å². The minimum atomic E-state index is -1.15. The van der Waals surface area contributed by atoms with Crippen LogP contribution in [-0.4, -0.2) is 38.6 Å². The second-order valence-corrected chi connectivity index (χ2v) is 7.59. The van der Waals surface area contributed by atoms with Crippen molar-refractivity contribution in [3.05, 3.63) is 23.8 Å². The molecule has 3 N–H and O–H groups in total. The Hall–Kier alpha value is -2.28. The van der Waals surface area contributed by atoms with Gasteiger partial charge in [0.25, 0.3) is 0 Å². The first-order chi connectivity index (χ1) is 10.8. The van der Waals surface area contributed by atoms with Gasteiger partial charge in [-0.2, -0.15) is 0 Å². The fraction of sp³-hybridized carbons (Fsp3) is 0.529. The van der Waals surface area contributed by atoms with Crippen LogP contribution in [0, 0.1) is 0 Å². The minimum Gasteiger partial charge on any atom is -0.465 e. The highest BCUT2D eigenvalue weighted by Crippen LogP contribution is 2.33. The first-order valence-corrected chi connectivity index (χ1v) is 7.60. The van der Waals surface area contributed by atoms with Crippen LogP contribution >= 0.6 is 0 Å². The molecule has 0 aliphatic rings. The van der Waals surface area contributed by atoms with Crippen molar-refractivity contribution in [3.63, 3.8) is 0 Å². The van der Waals surface area contributed by atoms with Crippen molar-refractivity contribution in [1.29, 1.82) is 0 Å². The lowest BCUT2D eigenvalue weighted by molar-refractivity contribution is 0.195. The molecule has 0 radical (unpaired) electrons. The van der Waals surface area contributed by atoms with E-state index in [0.29, 0.717) is 16.9 Å². The molecular weight excluding hydrogens is 312 g/mol. The van der Waals surface area contributed by atoms with Gasteiger partial charge in [0.15, 0.2) is 0 Å². The summed E-state index contributed by atoms with van der Waals surface area (Å²) in [5.41, 5.74) is -0.396. The van der Waals surface area contributed by atoms with Gasteiger partial charge in [0.05, 0.1) is 18.0 Å². The number of nitrogens with zero attached hydrogens (tertiary/aromatic N) is 2. The second-order valence-electron chi connectivity index (χ2n) is 7.59. The SMILES string of the molecule is CC(C)(C)N(C(=O)O)c1cc(CO)cc(N(C(=O)O)C(C)(C)C)c1. The normalized spacial score (nSPS) is 12.0. The van der Waals surface area contributed by atoms with Crippen LogP contribution in [0.5, 0.6) is 0 Å². The van der Waals surface area contributed by atoms with Crippen LogP contribution in [0.2, 0.25) is 0 Å². The maximum atomic E-state index is 11.7. The second kappa shape index (κ2) is 6.68. The summed E-state index contributed by atoms with van der Waals surface area (Å²) in [6, 6.07) is 4.61.